The lowest BCUT2D eigenvalue weighted by molar-refractivity contribution is -0.128. The van der Waals surface area contributed by atoms with Gasteiger partial charge in [-0.2, -0.15) is 0 Å². The van der Waals surface area contributed by atoms with E-state index >= 15 is 0 Å². The minimum atomic E-state index is -0.532. The lowest BCUT2D eigenvalue weighted by Crippen LogP contribution is -2.36. The SMILES string of the molecule is CC(=O)N(C)[C@@H](/C=C/C(C)(C)C(C)=O)Cc1c[nH]c2ccccc12. The molecule has 0 radical (unpaired) electrons. The van der Waals surface area contributed by atoms with Gasteiger partial charge in [-0.3, -0.25) is 9.59 Å². The van der Waals surface area contributed by atoms with Gasteiger partial charge in [0.1, 0.15) is 5.78 Å². The predicted molar refractivity (Wildman–Crippen MR) is 97.8 cm³/mol. The summed E-state index contributed by atoms with van der Waals surface area (Å²) in [7, 11) is 1.80. The zero-order valence-corrected chi connectivity index (χ0v) is 15.1. The van der Waals surface area contributed by atoms with Crippen molar-refractivity contribution in [1.82, 2.24) is 9.88 Å². The third-order valence-electron chi connectivity index (χ3n) is 4.74. The average molecular weight is 326 g/mol. The minimum absolute atomic E-state index is 0.00474. The predicted octanol–water partition coefficient (Wildman–Crippen LogP) is 3.73. The molecular weight excluding hydrogens is 300 g/mol. The van der Waals surface area contributed by atoms with Gasteiger partial charge >= 0.3 is 0 Å². The van der Waals surface area contributed by atoms with E-state index in [2.05, 4.69) is 11.1 Å². The lowest BCUT2D eigenvalue weighted by Gasteiger charge is -2.26. The van der Waals surface area contributed by atoms with Gasteiger partial charge in [0.25, 0.3) is 0 Å². The number of ketones is 1. The molecule has 128 valence electrons. The summed E-state index contributed by atoms with van der Waals surface area (Å²) >= 11 is 0. The van der Waals surface area contributed by atoms with E-state index in [1.165, 1.54) is 5.39 Å². The quantitative estimate of drug-likeness (QED) is 0.822. The van der Waals surface area contributed by atoms with Crippen molar-refractivity contribution in [3.8, 4) is 0 Å². The van der Waals surface area contributed by atoms with Crippen molar-refractivity contribution in [3.05, 3.63) is 48.2 Å². The maximum atomic E-state index is 11.9. The van der Waals surface area contributed by atoms with Gasteiger partial charge in [0.2, 0.25) is 5.91 Å². The highest BCUT2D eigenvalue weighted by atomic mass is 16.2. The van der Waals surface area contributed by atoms with Crippen LogP contribution in [0.4, 0.5) is 0 Å². The first-order chi connectivity index (χ1) is 11.2. The molecule has 1 amide bonds. The van der Waals surface area contributed by atoms with Crippen LogP contribution in [-0.2, 0) is 16.0 Å². The van der Waals surface area contributed by atoms with Crippen LogP contribution in [0.5, 0.6) is 0 Å². The van der Waals surface area contributed by atoms with E-state index in [4.69, 9.17) is 0 Å². The van der Waals surface area contributed by atoms with Gasteiger partial charge in [0, 0.05) is 36.5 Å². The van der Waals surface area contributed by atoms with E-state index < -0.39 is 5.41 Å². The number of allylic oxidation sites excluding steroid dienone is 1. The highest BCUT2D eigenvalue weighted by Crippen LogP contribution is 2.23. The summed E-state index contributed by atoms with van der Waals surface area (Å²) in [5, 5.41) is 1.17. The van der Waals surface area contributed by atoms with Crippen LogP contribution in [0, 0.1) is 5.41 Å². The third-order valence-corrected chi connectivity index (χ3v) is 4.74. The standard InChI is InChI=1S/C20H26N2O2/c1-14(23)20(3,4)11-10-17(22(5)15(2)24)12-16-13-21-19-9-7-6-8-18(16)19/h6-11,13,17,21H,12H2,1-5H3/b11-10+/t17-/m0/s1. The number of fused-ring (bicyclic) bond motifs is 1. The summed E-state index contributed by atoms with van der Waals surface area (Å²) in [5.41, 5.74) is 1.72. The molecule has 1 atom stereocenters. The number of rotatable bonds is 6. The minimum Gasteiger partial charge on any atom is -0.361 e. The summed E-state index contributed by atoms with van der Waals surface area (Å²) in [4.78, 5) is 28.6. The first-order valence-electron chi connectivity index (χ1n) is 8.21. The molecule has 4 nitrogen and oxygen atoms in total. The lowest BCUT2D eigenvalue weighted by atomic mass is 9.87. The fraction of sp³-hybridized carbons (Fsp3) is 0.400. The summed E-state index contributed by atoms with van der Waals surface area (Å²) in [6.07, 6.45) is 6.58. The molecule has 0 bridgehead atoms. The molecule has 4 heteroatoms. The van der Waals surface area contributed by atoms with Crippen LogP contribution in [0.3, 0.4) is 0 Å². The zero-order valence-electron chi connectivity index (χ0n) is 15.1. The summed E-state index contributed by atoms with van der Waals surface area (Å²) in [6.45, 7) is 6.94. The van der Waals surface area contributed by atoms with Crippen LogP contribution < -0.4 is 0 Å². The van der Waals surface area contributed by atoms with Crippen LogP contribution in [0.15, 0.2) is 42.6 Å². The fourth-order valence-electron chi connectivity index (χ4n) is 2.56. The molecular formula is C20H26N2O2. The number of nitrogens with zero attached hydrogens (tertiary/aromatic N) is 1. The normalized spacial score (nSPS) is 13.4. The number of benzene rings is 1. The second-order valence-corrected chi connectivity index (χ2v) is 6.90. The van der Waals surface area contributed by atoms with Gasteiger partial charge in [-0.1, -0.05) is 30.4 Å². The second-order valence-electron chi connectivity index (χ2n) is 6.90. The number of hydrogen-bond donors (Lipinski definition) is 1. The van der Waals surface area contributed by atoms with Crippen LogP contribution in [-0.4, -0.2) is 34.7 Å². The molecule has 1 aromatic carbocycles. The molecule has 2 rings (SSSR count). The van der Waals surface area contributed by atoms with Gasteiger partial charge in [-0.15, -0.1) is 0 Å². The number of carbonyl (C=O) groups is 2. The third kappa shape index (κ3) is 3.94. The molecule has 0 aliphatic carbocycles. The maximum Gasteiger partial charge on any atom is 0.219 e. The molecule has 2 aromatic rings. The van der Waals surface area contributed by atoms with Gasteiger partial charge in [0.05, 0.1) is 6.04 Å². The van der Waals surface area contributed by atoms with E-state index in [1.54, 1.807) is 25.8 Å². The first-order valence-corrected chi connectivity index (χ1v) is 8.21. The molecule has 0 saturated heterocycles. The van der Waals surface area contributed by atoms with E-state index in [0.29, 0.717) is 6.42 Å². The summed E-state index contributed by atoms with van der Waals surface area (Å²) < 4.78 is 0. The van der Waals surface area contributed by atoms with Crippen LogP contribution in [0.2, 0.25) is 0 Å². The molecule has 0 spiro atoms. The fourth-order valence-corrected chi connectivity index (χ4v) is 2.56. The van der Waals surface area contributed by atoms with Gasteiger partial charge in [-0.05, 0) is 38.8 Å². The number of aromatic amines is 1. The molecule has 0 unspecified atom stereocenters. The number of hydrogen-bond acceptors (Lipinski definition) is 2. The average Bonchev–Trinajstić information content (AvgIpc) is 2.93. The molecule has 1 aromatic heterocycles. The maximum absolute atomic E-state index is 11.9. The molecule has 0 aliphatic heterocycles. The van der Waals surface area contributed by atoms with Crippen molar-refractivity contribution in [2.24, 2.45) is 5.41 Å². The molecule has 1 N–H and O–H groups in total. The van der Waals surface area contributed by atoms with Gasteiger partial charge in [0.15, 0.2) is 0 Å². The Morgan fingerprint density at radius 2 is 1.92 bits per heavy atom. The molecule has 0 fully saturated rings. The number of H-pyrrole nitrogens is 1. The van der Waals surface area contributed by atoms with Crippen LogP contribution >= 0.6 is 0 Å². The number of aromatic nitrogens is 1. The van der Waals surface area contributed by atoms with Gasteiger partial charge < -0.3 is 9.88 Å². The number of amides is 1. The Hall–Kier alpha value is -2.36. The monoisotopic (exact) mass is 326 g/mol. The highest BCUT2D eigenvalue weighted by Gasteiger charge is 2.22. The van der Waals surface area contributed by atoms with Crippen molar-refractivity contribution in [3.63, 3.8) is 0 Å². The number of nitrogens with one attached hydrogen (secondary N) is 1. The topological polar surface area (TPSA) is 53.2 Å². The Balaban J connectivity index is 2.32. The van der Waals surface area contributed by atoms with E-state index in [0.717, 1.165) is 11.1 Å². The van der Waals surface area contributed by atoms with Crippen molar-refractivity contribution >= 4 is 22.6 Å². The van der Waals surface area contributed by atoms with Crippen LogP contribution in [0.1, 0.15) is 33.3 Å². The molecule has 0 aliphatic rings. The molecule has 1 heterocycles. The number of para-hydroxylation sites is 1. The Bertz CT molecular complexity index is 771. The first kappa shape index (κ1) is 18.0. The number of carbonyl (C=O) groups excluding carboxylic acids is 2. The smallest absolute Gasteiger partial charge is 0.219 e. The van der Waals surface area contributed by atoms with Crippen LogP contribution in [0.25, 0.3) is 10.9 Å². The van der Waals surface area contributed by atoms with E-state index in [-0.39, 0.29) is 17.7 Å². The van der Waals surface area contributed by atoms with Crippen molar-refractivity contribution < 1.29 is 9.59 Å². The Morgan fingerprint density at radius 3 is 2.54 bits per heavy atom. The molecule has 24 heavy (non-hydrogen) atoms. The number of likely N-dealkylation sites (N-methyl/N-ethyl adjacent to an activating group) is 1. The van der Waals surface area contributed by atoms with E-state index in [1.807, 2.05) is 50.4 Å². The largest absolute Gasteiger partial charge is 0.361 e. The summed E-state index contributed by atoms with van der Waals surface area (Å²) in [5.74, 6) is 0.111. The molecule has 0 saturated carbocycles. The highest BCUT2D eigenvalue weighted by molar-refractivity contribution is 5.84. The Kier molecular flexibility index (Phi) is 5.27. The zero-order chi connectivity index (χ0) is 17.9. The van der Waals surface area contributed by atoms with Gasteiger partial charge in [-0.25, -0.2) is 0 Å². The number of Topliss-reactive ketones (excluding diaryl/α,β-unsaturated/α-hetero) is 1. The Morgan fingerprint density at radius 1 is 1.25 bits per heavy atom. The van der Waals surface area contributed by atoms with Crippen molar-refractivity contribution in [2.75, 3.05) is 7.05 Å². The van der Waals surface area contributed by atoms with Crippen molar-refractivity contribution in [1.29, 1.82) is 0 Å². The van der Waals surface area contributed by atoms with Crippen molar-refractivity contribution in [2.45, 2.75) is 40.2 Å². The summed E-state index contributed by atoms with van der Waals surface area (Å²) in [6, 6.07) is 8.03. The van der Waals surface area contributed by atoms with E-state index in [9.17, 15) is 9.59 Å². The Labute approximate surface area is 143 Å². The second kappa shape index (κ2) is 7.04.